The summed E-state index contributed by atoms with van der Waals surface area (Å²) in [6.45, 7) is 3.17. The van der Waals surface area contributed by atoms with E-state index in [9.17, 15) is 0 Å². The predicted molar refractivity (Wildman–Crippen MR) is 151 cm³/mol. The first kappa shape index (κ1) is 23.7. The number of morpholine rings is 1. The minimum absolute atomic E-state index is 0.401. The number of benzene rings is 2. The lowest BCUT2D eigenvalue weighted by Crippen LogP contribution is -2.36. The van der Waals surface area contributed by atoms with Crippen LogP contribution < -0.4 is 25.4 Å². The monoisotopic (exact) mass is 508 g/mol. The quantitative estimate of drug-likeness (QED) is 0.306. The highest BCUT2D eigenvalue weighted by Crippen LogP contribution is 2.37. The fraction of sp³-hybridized carbons (Fsp3) is 0.207. The Labute approximate surface area is 220 Å². The van der Waals surface area contributed by atoms with Crippen LogP contribution in [0.5, 0.6) is 11.5 Å². The van der Waals surface area contributed by atoms with Gasteiger partial charge in [0.1, 0.15) is 5.82 Å². The number of anilines is 4. The van der Waals surface area contributed by atoms with E-state index in [1.165, 1.54) is 0 Å². The summed E-state index contributed by atoms with van der Waals surface area (Å²) in [5.41, 5.74) is 11.8. The van der Waals surface area contributed by atoms with Crippen molar-refractivity contribution in [3.05, 3.63) is 67.1 Å². The molecule has 1 aliphatic rings. The van der Waals surface area contributed by atoms with Gasteiger partial charge in [-0.2, -0.15) is 0 Å². The van der Waals surface area contributed by atoms with E-state index in [0.29, 0.717) is 17.3 Å². The Kier molecular flexibility index (Phi) is 6.27. The highest BCUT2D eigenvalue weighted by atomic mass is 16.5. The van der Waals surface area contributed by atoms with Crippen LogP contribution in [0.15, 0.2) is 67.1 Å². The van der Waals surface area contributed by atoms with Crippen molar-refractivity contribution >= 4 is 44.6 Å². The lowest BCUT2D eigenvalue weighted by molar-refractivity contribution is 0.123. The van der Waals surface area contributed by atoms with E-state index >= 15 is 0 Å². The number of nitrogen functional groups attached to an aromatic ring is 1. The molecule has 6 rings (SSSR count). The van der Waals surface area contributed by atoms with Gasteiger partial charge in [-0.1, -0.05) is 12.1 Å². The number of pyridine rings is 3. The SMILES string of the molecule is COc1cc2ncc3c(N)nc(-c4cncc(Nc5ccccc5N5CCOCC5)c4)cc3c2cc1OC. The number of ether oxygens (including phenoxy) is 3. The van der Waals surface area contributed by atoms with Crippen LogP contribution in [-0.2, 0) is 4.74 Å². The standard InChI is InChI=1S/C29H28N6O3/c1-36-27-13-21-20-12-24(34-29(30)22(20)17-32-25(21)14-28(27)37-2)18-11-19(16-31-15-18)33-23-5-3-4-6-26(23)35-7-9-38-10-8-35/h3-6,11-17,33H,7-10H2,1-2H3,(H2,30,34). The van der Waals surface area contributed by atoms with Gasteiger partial charge in [-0.3, -0.25) is 9.97 Å². The maximum Gasteiger partial charge on any atom is 0.162 e. The second-order valence-corrected chi connectivity index (χ2v) is 9.04. The van der Waals surface area contributed by atoms with Crippen LogP contribution in [0.3, 0.4) is 0 Å². The van der Waals surface area contributed by atoms with Gasteiger partial charge in [0.25, 0.3) is 0 Å². The summed E-state index contributed by atoms with van der Waals surface area (Å²) in [4.78, 5) is 16.1. The summed E-state index contributed by atoms with van der Waals surface area (Å²) in [5, 5.41) is 6.14. The van der Waals surface area contributed by atoms with E-state index < -0.39 is 0 Å². The topological polar surface area (TPSA) is 108 Å². The summed E-state index contributed by atoms with van der Waals surface area (Å²) in [6, 6.07) is 16.1. The van der Waals surface area contributed by atoms with Crippen molar-refractivity contribution in [2.24, 2.45) is 0 Å². The van der Waals surface area contributed by atoms with Crippen LogP contribution in [0, 0.1) is 0 Å². The number of rotatable bonds is 6. The molecule has 1 aliphatic heterocycles. The summed E-state index contributed by atoms with van der Waals surface area (Å²) in [7, 11) is 3.23. The Morgan fingerprint density at radius 1 is 0.895 bits per heavy atom. The number of methoxy groups -OCH3 is 2. The third kappa shape index (κ3) is 4.37. The molecule has 2 aromatic carbocycles. The second-order valence-electron chi connectivity index (χ2n) is 9.04. The molecule has 0 amide bonds. The zero-order chi connectivity index (χ0) is 26.1. The summed E-state index contributed by atoms with van der Waals surface area (Å²) in [5.74, 6) is 1.64. The Bertz CT molecular complexity index is 1630. The molecule has 0 radical (unpaired) electrons. The van der Waals surface area contributed by atoms with Gasteiger partial charge in [-0.15, -0.1) is 0 Å². The average molecular weight is 509 g/mol. The number of hydrogen-bond acceptors (Lipinski definition) is 9. The van der Waals surface area contributed by atoms with Crippen molar-refractivity contribution < 1.29 is 14.2 Å². The third-order valence-electron chi connectivity index (χ3n) is 6.78. The highest BCUT2D eigenvalue weighted by molar-refractivity contribution is 6.10. The number of nitrogens with zero attached hydrogens (tertiary/aromatic N) is 4. The van der Waals surface area contributed by atoms with E-state index in [1.807, 2.05) is 30.3 Å². The van der Waals surface area contributed by atoms with E-state index in [2.05, 4.69) is 43.4 Å². The Morgan fingerprint density at radius 2 is 1.68 bits per heavy atom. The van der Waals surface area contributed by atoms with E-state index in [0.717, 1.165) is 76.3 Å². The molecule has 4 heterocycles. The minimum atomic E-state index is 0.401. The zero-order valence-electron chi connectivity index (χ0n) is 21.3. The first-order valence-corrected chi connectivity index (χ1v) is 12.4. The number of aromatic nitrogens is 3. The van der Waals surface area contributed by atoms with Crippen molar-refractivity contribution in [2.45, 2.75) is 0 Å². The summed E-state index contributed by atoms with van der Waals surface area (Å²) < 4.78 is 16.5. The van der Waals surface area contributed by atoms with Crippen LogP contribution in [-0.4, -0.2) is 55.5 Å². The van der Waals surface area contributed by atoms with E-state index in [-0.39, 0.29) is 0 Å². The van der Waals surface area contributed by atoms with Crippen LogP contribution in [0.25, 0.3) is 32.9 Å². The molecule has 192 valence electrons. The largest absolute Gasteiger partial charge is 0.493 e. The van der Waals surface area contributed by atoms with Gasteiger partial charge in [0, 0.05) is 47.9 Å². The van der Waals surface area contributed by atoms with Crippen LogP contribution >= 0.6 is 0 Å². The molecule has 3 N–H and O–H groups in total. The van der Waals surface area contributed by atoms with Gasteiger partial charge in [0.15, 0.2) is 11.5 Å². The first-order chi connectivity index (χ1) is 18.6. The molecule has 1 fully saturated rings. The second kappa shape index (κ2) is 10.0. The fourth-order valence-electron chi connectivity index (χ4n) is 4.87. The number of nitrogens with one attached hydrogen (secondary N) is 1. The molecule has 0 spiro atoms. The molecule has 0 atom stereocenters. The van der Waals surface area contributed by atoms with Crippen molar-refractivity contribution in [3.63, 3.8) is 0 Å². The van der Waals surface area contributed by atoms with E-state index in [1.54, 1.807) is 32.8 Å². The molecule has 9 nitrogen and oxygen atoms in total. The third-order valence-corrected chi connectivity index (χ3v) is 6.78. The lowest BCUT2D eigenvalue weighted by atomic mass is 10.0. The maximum atomic E-state index is 6.42. The summed E-state index contributed by atoms with van der Waals surface area (Å²) in [6.07, 6.45) is 5.34. The van der Waals surface area contributed by atoms with Crippen molar-refractivity contribution in [2.75, 3.05) is 56.5 Å². The van der Waals surface area contributed by atoms with E-state index in [4.69, 9.17) is 19.9 Å². The molecule has 9 heteroatoms. The molecule has 38 heavy (non-hydrogen) atoms. The number of hydrogen-bond donors (Lipinski definition) is 2. The smallest absolute Gasteiger partial charge is 0.162 e. The molecular weight excluding hydrogens is 480 g/mol. The lowest BCUT2D eigenvalue weighted by Gasteiger charge is -2.30. The van der Waals surface area contributed by atoms with Gasteiger partial charge in [-0.25, -0.2) is 4.98 Å². The maximum absolute atomic E-state index is 6.42. The van der Waals surface area contributed by atoms with Crippen LogP contribution in [0.4, 0.5) is 22.9 Å². The zero-order valence-corrected chi connectivity index (χ0v) is 21.3. The summed E-state index contributed by atoms with van der Waals surface area (Å²) >= 11 is 0. The van der Waals surface area contributed by atoms with Gasteiger partial charge in [0.2, 0.25) is 0 Å². The molecule has 0 aliphatic carbocycles. The predicted octanol–water partition coefficient (Wildman–Crippen LogP) is 5.02. The minimum Gasteiger partial charge on any atom is -0.493 e. The number of fused-ring (bicyclic) bond motifs is 3. The van der Waals surface area contributed by atoms with Crippen molar-refractivity contribution in [1.29, 1.82) is 0 Å². The van der Waals surface area contributed by atoms with Gasteiger partial charge in [-0.05, 0) is 35.7 Å². The molecule has 0 unspecified atom stereocenters. The van der Waals surface area contributed by atoms with Crippen molar-refractivity contribution in [3.8, 4) is 22.8 Å². The highest BCUT2D eigenvalue weighted by Gasteiger charge is 2.16. The van der Waals surface area contributed by atoms with Gasteiger partial charge < -0.3 is 30.2 Å². The van der Waals surface area contributed by atoms with Crippen molar-refractivity contribution in [1.82, 2.24) is 15.0 Å². The fourth-order valence-corrected chi connectivity index (χ4v) is 4.87. The molecular formula is C29H28N6O3. The van der Waals surface area contributed by atoms with Gasteiger partial charge >= 0.3 is 0 Å². The molecule has 1 saturated heterocycles. The number of para-hydroxylation sites is 2. The number of nitrogens with two attached hydrogens (primary N) is 1. The first-order valence-electron chi connectivity index (χ1n) is 12.4. The molecule has 0 bridgehead atoms. The van der Waals surface area contributed by atoms with Gasteiger partial charge in [0.05, 0.1) is 61.9 Å². The molecule has 5 aromatic rings. The normalized spacial score (nSPS) is 13.6. The Morgan fingerprint density at radius 3 is 2.50 bits per heavy atom. The Hall–Kier alpha value is -4.63. The van der Waals surface area contributed by atoms with Crippen LogP contribution in [0.1, 0.15) is 0 Å². The Balaban J connectivity index is 1.40. The molecule has 3 aromatic heterocycles. The molecule has 0 saturated carbocycles. The van der Waals surface area contributed by atoms with Crippen LogP contribution in [0.2, 0.25) is 0 Å². The average Bonchev–Trinajstić information content (AvgIpc) is 2.97.